The van der Waals surface area contributed by atoms with Gasteiger partial charge < -0.3 is 4.74 Å². The van der Waals surface area contributed by atoms with Gasteiger partial charge in [-0.05, 0) is 11.6 Å². The van der Waals surface area contributed by atoms with Gasteiger partial charge in [-0.1, -0.05) is 48.0 Å². The third-order valence-corrected chi connectivity index (χ3v) is 2.56. The Morgan fingerprint density at radius 1 is 1.14 bits per heavy atom. The van der Waals surface area contributed by atoms with Crippen molar-refractivity contribution < 1.29 is 17.9 Å². The van der Waals surface area contributed by atoms with Crippen molar-refractivity contribution >= 4 is 17.7 Å². The van der Waals surface area contributed by atoms with E-state index in [0.717, 1.165) is 11.6 Å². The van der Waals surface area contributed by atoms with Crippen molar-refractivity contribution in [2.45, 2.75) is 6.18 Å². The number of aromatic nitrogens is 2. The molecular formula is C14H10ClF3N2O. The Hall–Kier alpha value is -2.08. The highest BCUT2D eigenvalue weighted by atomic mass is 35.5. The molecule has 0 saturated heterocycles. The largest absolute Gasteiger partial charge is 0.473 e. The standard InChI is InChI=1S/C14H10ClF3N2O/c15-11-9-12(20-13(19-11)14(16,17)18)21-8-4-7-10-5-2-1-3-6-10/h1-7,9H,8H2/b7-4+. The fourth-order valence-electron chi connectivity index (χ4n) is 1.48. The van der Waals surface area contributed by atoms with E-state index in [2.05, 4.69) is 9.97 Å². The van der Waals surface area contributed by atoms with Crippen molar-refractivity contribution in [3.8, 4) is 5.88 Å². The summed E-state index contributed by atoms with van der Waals surface area (Å²) < 4.78 is 42.6. The van der Waals surface area contributed by atoms with E-state index < -0.39 is 12.0 Å². The summed E-state index contributed by atoms with van der Waals surface area (Å²) >= 11 is 5.52. The van der Waals surface area contributed by atoms with Gasteiger partial charge in [0.1, 0.15) is 11.8 Å². The highest BCUT2D eigenvalue weighted by molar-refractivity contribution is 6.29. The molecule has 2 aromatic rings. The zero-order valence-corrected chi connectivity index (χ0v) is 11.4. The smallest absolute Gasteiger partial charge is 0.451 e. The molecule has 1 aromatic carbocycles. The van der Waals surface area contributed by atoms with Crippen LogP contribution in [0.3, 0.4) is 0 Å². The van der Waals surface area contributed by atoms with Crippen LogP contribution in [0.1, 0.15) is 11.4 Å². The molecule has 2 rings (SSSR count). The first kappa shape index (κ1) is 15.3. The Bertz CT molecular complexity index is 630. The molecule has 0 spiro atoms. The molecule has 0 N–H and O–H groups in total. The SMILES string of the molecule is FC(F)(F)c1nc(Cl)cc(OC/C=C/c2ccccc2)n1. The first-order valence-electron chi connectivity index (χ1n) is 5.91. The maximum atomic E-state index is 12.5. The Kier molecular flexibility index (Phi) is 4.80. The Balaban J connectivity index is 2.00. The van der Waals surface area contributed by atoms with E-state index in [1.807, 2.05) is 30.3 Å². The lowest BCUT2D eigenvalue weighted by Gasteiger charge is -2.07. The maximum Gasteiger partial charge on any atom is 0.451 e. The van der Waals surface area contributed by atoms with Crippen LogP contribution in [0.5, 0.6) is 5.88 Å². The lowest BCUT2D eigenvalue weighted by molar-refractivity contribution is -0.145. The van der Waals surface area contributed by atoms with Crippen LogP contribution in [0.25, 0.3) is 6.08 Å². The first-order valence-corrected chi connectivity index (χ1v) is 6.29. The highest BCUT2D eigenvalue weighted by Gasteiger charge is 2.35. The van der Waals surface area contributed by atoms with E-state index in [-0.39, 0.29) is 17.6 Å². The van der Waals surface area contributed by atoms with Crippen molar-refractivity contribution in [3.63, 3.8) is 0 Å². The number of hydrogen-bond donors (Lipinski definition) is 0. The Morgan fingerprint density at radius 3 is 2.52 bits per heavy atom. The molecule has 1 aromatic heterocycles. The van der Waals surface area contributed by atoms with E-state index in [1.165, 1.54) is 0 Å². The molecule has 3 nitrogen and oxygen atoms in total. The average Bonchev–Trinajstić information content (AvgIpc) is 2.43. The van der Waals surface area contributed by atoms with Crippen LogP contribution in [-0.2, 0) is 6.18 Å². The topological polar surface area (TPSA) is 35.0 Å². The van der Waals surface area contributed by atoms with Crippen LogP contribution in [0.15, 0.2) is 42.5 Å². The molecule has 0 radical (unpaired) electrons. The predicted molar refractivity (Wildman–Crippen MR) is 73.0 cm³/mol. The summed E-state index contributed by atoms with van der Waals surface area (Å²) in [6.07, 6.45) is -1.21. The van der Waals surface area contributed by atoms with Crippen molar-refractivity contribution in [1.82, 2.24) is 9.97 Å². The normalized spacial score (nSPS) is 11.8. The zero-order valence-electron chi connectivity index (χ0n) is 10.6. The summed E-state index contributed by atoms with van der Waals surface area (Å²) in [6, 6.07) is 10.5. The number of hydrogen-bond acceptors (Lipinski definition) is 3. The minimum atomic E-state index is -4.66. The summed E-state index contributed by atoms with van der Waals surface area (Å²) in [7, 11) is 0. The minimum Gasteiger partial charge on any atom is -0.473 e. The Morgan fingerprint density at radius 2 is 1.86 bits per heavy atom. The maximum absolute atomic E-state index is 12.5. The summed E-state index contributed by atoms with van der Waals surface area (Å²) in [4.78, 5) is 6.38. The predicted octanol–water partition coefficient (Wildman–Crippen LogP) is 4.24. The van der Waals surface area contributed by atoms with Gasteiger partial charge in [0, 0.05) is 6.07 Å². The highest BCUT2D eigenvalue weighted by Crippen LogP contribution is 2.28. The second-order valence-corrected chi connectivity index (χ2v) is 4.36. The monoisotopic (exact) mass is 314 g/mol. The summed E-state index contributed by atoms with van der Waals surface area (Å²) in [6.45, 7) is 0.0690. The molecule has 0 bridgehead atoms. The first-order chi connectivity index (χ1) is 9.95. The molecule has 0 aliphatic rings. The number of rotatable bonds is 4. The average molecular weight is 315 g/mol. The molecule has 0 atom stereocenters. The van der Waals surface area contributed by atoms with Gasteiger partial charge in [0.25, 0.3) is 0 Å². The summed E-state index contributed by atoms with van der Waals surface area (Å²) in [5, 5.41) is -0.320. The van der Waals surface area contributed by atoms with Gasteiger partial charge in [-0.2, -0.15) is 18.2 Å². The molecule has 0 amide bonds. The second-order valence-electron chi connectivity index (χ2n) is 3.97. The van der Waals surface area contributed by atoms with E-state index in [0.29, 0.717) is 0 Å². The van der Waals surface area contributed by atoms with E-state index in [9.17, 15) is 13.2 Å². The summed E-state index contributed by atoms with van der Waals surface area (Å²) in [5.41, 5.74) is 0.956. The van der Waals surface area contributed by atoms with Crippen LogP contribution in [-0.4, -0.2) is 16.6 Å². The fourth-order valence-corrected chi connectivity index (χ4v) is 1.65. The van der Waals surface area contributed by atoms with Gasteiger partial charge in [-0.3, -0.25) is 0 Å². The lowest BCUT2D eigenvalue weighted by Crippen LogP contribution is -2.12. The van der Waals surface area contributed by atoms with Crippen molar-refractivity contribution in [3.05, 3.63) is 59.0 Å². The number of ether oxygens (including phenoxy) is 1. The molecule has 21 heavy (non-hydrogen) atoms. The van der Waals surface area contributed by atoms with E-state index >= 15 is 0 Å². The molecule has 0 aliphatic carbocycles. The quantitative estimate of drug-likeness (QED) is 0.792. The third-order valence-electron chi connectivity index (χ3n) is 2.36. The van der Waals surface area contributed by atoms with Gasteiger partial charge in [0.05, 0.1) is 0 Å². The molecule has 0 unspecified atom stereocenters. The number of halogens is 4. The van der Waals surface area contributed by atoms with Gasteiger partial charge in [-0.25, -0.2) is 4.98 Å². The van der Waals surface area contributed by atoms with Crippen LogP contribution in [0.4, 0.5) is 13.2 Å². The van der Waals surface area contributed by atoms with Crippen molar-refractivity contribution in [1.29, 1.82) is 0 Å². The fraction of sp³-hybridized carbons (Fsp3) is 0.143. The van der Waals surface area contributed by atoms with Crippen molar-refractivity contribution in [2.24, 2.45) is 0 Å². The van der Waals surface area contributed by atoms with Gasteiger partial charge >= 0.3 is 6.18 Å². The van der Waals surface area contributed by atoms with Crippen molar-refractivity contribution in [2.75, 3.05) is 6.61 Å². The lowest BCUT2D eigenvalue weighted by atomic mass is 10.2. The number of nitrogens with zero attached hydrogens (tertiary/aromatic N) is 2. The minimum absolute atomic E-state index is 0.0690. The third kappa shape index (κ3) is 4.75. The van der Waals surface area contributed by atoms with Gasteiger partial charge in [0.15, 0.2) is 0 Å². The molecule has 0 saturated carbocycles. The zero-order chi connectivity index (χ0) is 15.3. The van der Waals surface area contributed by atoms with Gasteiger partial charge in [-0.15, -0.1) is 0 Å². The molecule has 1 heterocycles. The van der Waals surface area contributed by atoms with Crippen LogP contribution in [0.2, 0.25) is 5.15 Å². The Labute approximate surface area is 124 Å². The molecule has 0 fully saturated rings. The van der Waals surface area contributed by atoms with E-state index in [1.54, 1.807) is 12.2 Å². The molecule has 110 valence electrons. The summed E-state index contributed by atoms with van der Waals surface area (Å²) in [5.74, 6) is -1.54. The number of alkyl halides is 3. The van der Waals surface area contributed by atoms with Crippen LogP contribution >= 0.6 is 11.6 Å². The number of benzene rings is 1. The van der Waals surface area contributed by atoms with Gasteiger partial charge in [0.2, 0.25) is 11.7 Å². The molecular weight excluding hydrogens is 305 g/mol. The second kappa shape index (κ2) is 6.58. The molecule has 7 heteroatoms. The van der Waals surface area contributed by atoms with Crippen LogP contribution < -0.4 is 4.74 Å². The van der Waals surface area contributed by atoms with E-state index in [4.69, 9.17) is 16.3 Å². The molecule has 0 aliphatic heterocycles. The van der Waals surface area contributed by atoms with Crippen LogP contribution in [0, 0.1) is 0 Å².